The number of aryl methyl sites for hydroxylation is 1. The number of benzene rings is 1. The summed E-state index contributed by atoms with van der Waals surface area (Å²) in [4.78, 5) is 12.8. The number of piperazine rings is 1. The second-order valence-corrected chi connectivity index (χ2v) is 4.13. The van der Waals surface area contributed by atoms with E-state index in [4.69, 9.17) is 9.90 Å². The fourth-order valence-electron chi connectivity index (χ4n) is 1.82. The van der Waals surface area contributed by atoms with Gasteiger partial charge in [0, 0.05) is 39.0 Å². The average Bonchev–Trinajstić information content (AvgIpc) is 2.45. The van der Waals surface area contributed by atoms with E-state index in [2.05, 4.69) is 48.0 Å². The average molecular weight is 252 g/mol. The molecule has 0 bridgehead atoms. The van der Waals surface area contributed by atoms with Gasteiger partial charge in [0.15, 0.2) is 0 Å². The van der Waals surface area contributed by atoms with Crippen molar-refractivity contribution in [2.75, 3.05) is 45.2 Å². The van der Waals surface area contributed by atoms with Crippen LogP contribution in [0.4, 0.5) is 5.69 Å². The summed E-state index contributed by atoms with van der Waals surface area (Å²) >= 11 is 0. The molecule has 0 aliphatic carbocycles. The van der Waals surface area contributed by atoms with Crippen LogP contribution in [0.5, 0.6) is 0 Å². The lowest BCUT2D eigenvalue weighted by molar-refractivity contribution is -0.0979. The van der Waals surface area contributed by atoms with Gasteiger partial charge in [-0.3, -0.25) is 0 Å². The second kappa shape index (κ2) is 9.62. The van der Waals surface area contributed by atoms with Crippen LogP contribution >= 0.6 is 0 Å². The summed E-state index contributed by atoms with van der Waals surface area (Å²) in [5.41, 5.74) is 2.70. The van der Waals surface area contributed by atoms with Crippen molar-refractivity contribution >= 4 is 12.5 Å². The number of hydrogen-bond donors (Lipinski definition) is 1. The first-order valence-corrected chi connectivity index (χ1v) is 5.99. The fourth-order valence-corrected chi connectivity index (χ4v) is 1.82. The highest BCUT2D eigenvalue weighted by Crippen LogP contribution is 2.16. The zero-order valence-electron chi connectivity index (χ0n) is 11.6. The predicted octanol–water partition coefficient (Wildman–Crippen LogP) is 1.17. The minimum Gasteiger partial charge on any atom is -0.400 e. The molecule has 0 atom stereocenters. The van der Waals surface area contributed by atoms with E-state index in [1.165, 1.54) is 24.3 Å². The van der Waals surface area contributed by atoms with Crippen LogP contribution in [-0.2, 0) is 4.79 Å². The molecule has 1 aromatic rings. The maximum Gasteiger partial charge on any atom is 0.106 e. The Bertz CT molecular complexity index is 306. The number of hydrogen-bond acceptors (Lipinski definition) is 4. The molecular weight excluding hydrogens is 228 g/mol. The summed E-state index contributed by atoms with van der Waals surface area (Å²) in [6.07, 6.45) is 0. The molecule has 1 aliphatic rings. The van der Waals surface area contributed by atoms with Crippen molar-refractivity contribution in [2.24, 2.45) is 0 Å². The Kier molecular flexibility index (Phi) is 8.88. The summed E-state index contributed by atoms with van der Waals surface area (Å²) in [5.74, 6) is 0. The molecular formula is C14H24N2O2. The minimum atomic E-state index is 1.00. The van der Waals surface area contributed by atoms with Gasteiger partial charge in [0.05, 0.1) is 0 Å². The van der Waals surface area contributed by atoms with Crippen LogP contribution in [0.15, 0.2) is 24.3 Å². The molecule has 0 amide bonds. The van der Waals surface area contributed by atoms with E-state index in [9.17, 15) is 0 Å². The first-order chi connectivity index (χ1) is 8.75. The molecule has 0 aromatic heterocycles. The monoisotopic (exact) mass is 252 g/mol. The van der Waals surface area contributed by atoms with Gasteiger partial charge in [0.25, 0.3) is 0 Å². The number of anilines is 1. The molecule has 2 rings (SSSR count). The van der Waals surface area contributed by atoms with Gasteiger partial charge in [-0.05, 0) is 26.1 Å². The second-order valence-electron chi connectivity index (χ2n) is 4.13. The number of rotatable bonds is 1. The molecule has 1 aliphatic heterocycles. The Morgan fingerprint density at radius 2 is 1.44 bits per heavy atom. The lowest BCUT2D eigenvalue weighted by Gasteiger charge is -2.34. The lowest BCUT2D eigenvalue weighted by atomic mass is 10.2. The Balaban J connectivity index is 0.000000659. The maximum absolute atomic E-state index is 8.00. The van der Waals surface area contributed by atoms with Gasteiger partial charge in [0.1, 0.15) is 6.79 Å². The SMILES string of the molecule is C=O.CO.Cc1ccc(N2CCN(C)CC2)cc1. The van der Waals surface area contributed by atoms with Gasteiger partial charge in [-0.15, -0.1) is 0 Å². The first kappa shape index (κ1) is 16.6. The minimum absolute atomic E-state index is 1.00. The van der Waals surface area contributed by atoms with E-state index in [1.54, 1.807) is 0 Å². The van der Waals surface area contributed by atoms with Crippen LogP contribution in [0, 0.1) is 6.92 Å². The molecule has 0 saturated carbocycles. The molecule has 4 nitrogen and oxygen atoms in total. The zero-order valence-corrected chi connectivity index (χ0v) is 11.6. The highest BCUT2D eigenvalue weighted by molar-refractivity contribution is 5.47. The summed E-state index contributed by atoms with van der Waals surface area (Å²) in [6, 6.07) is 8.82. The van der Waals surface area contributed by atoms with E-state index < -0.39 is 0 Å². The molecule has 1 aromatic carbocycles. The molecule has 0 unspecified atom stereocenters. The highest BCUT2D eigenvalue weighted by atomic mass is 16.2. The highest BCUT2D eigenvalue weighted by Gasteiger charge is 2.13. The van der Waals surface area contributed by atoms with E-state index >= 15 is 0 Å². The van der Waals surface area contributed by atoms with Gasteiger partial charge < -0.3 is 19.7 Å². The predicted molar refractivity (Wildman–Crippen MR) is 76.2 cm³/mol. The van der Waals surface area contributed by atoms with Gasteiger partial charge in [-0.1, -0.05) is 17.7 Å². The van der Waals surface area contributed by atoms with Gasteiger partial charge in [0.2, 0.25) is 0 Å². The van der Waals surface area contributed by atoms with Crippen LogP contribution in [0.1, 0.15) is 5.56 Å². The quantitative estimate of drug-likeness (QED) is 0.815. The third kappa shape index (κ3) is 5.29. The Morgan fingerprint density at radius 3 is 1.89 bits per heavy atom. The van der Waals surface area contributed by atoms with Crippen molar-refractivity contribution in [3.05, 3.63) is 29.8 Å². The van der Waals surface area contributed by atoms with Crippen molar-refractivity contribution < 1.29 is 9.90 Å². The van der Waals surface area contributed by atoms with Crippen molar-refractivity contribution in [1.29, 1.82) is 0 Å². The number of carbonyl (C=O) groups excluding carboxylic acids is 1. The van der Waals surface area contributed by atoms with E-state index in [0.717, 1.165) is 20.2 Å². The zero-order chi connectivity index (χ0) is 14.0. The Hall–Kier alpha value is -1.39. The molecule has 1 N–H and O–H groups in total. The van der Waals surface area contributed by atoms with Gasteiger partial charge in [-0.25, -0.2) is 0 Å². The standard InChI is InChI=1S/C12H18N2.CH4O.CH2O/c1-11-3-5-12(6-4-11)14-9-7-13(2)8-10-14;2*1-2/h3-6H,7-10H2,1-2H3;2H,1H3;1H2. The number of aliphatic hydroxyl groups is 1. The number of aliphatic hydroxyl groups excluding tert-OH is 1. The van der Waals surface area contributed by atoms with Gasteiger partial charge >= 0.3 is 0 Å². The third-order valence-electron chi connectivity index (χ3n) is 2.90. The molecule has 0 spiro atoms. The molecule has 4 heteroatoms. The topological polar surface area (TPSA) is 43.8 Å². The number of nitrogens with zero attached hydrogens (tertiary/aromatic N) is 2. The summed E-state index contributed by atoms with van der Waals surface area (Å²) < 4.78 is 0. The number of carbonyl (C=O) groups is 1. The van der Waals surface area contributed by atoms with Crippen LogP contribution < -0.4 is 4.90 Å². The normalized spacial score (nSPS) is 15.0. The summed E-state index contributed by atoms with van der Waals surface area (Å²) in [5, 5.41) is 7.00. The van der Waals surface area contributed by atoms with Crippen molar-refractivity contribution in [3.63, 3.8) is 0 Å². The van der Waals surface area contributed by atoms with Gasteiger partial charge in [-0.2, -0.15) is 0 Å². The maximum atomic E-state index is 8.00. The molecule has 1 heterocycles. The fraction of sp³-hybridized carbons (Fsp3) is 0.500. The van der Waals surface area contributed by atoms with E-state index in [-0.39, 0.29) is 0 Å². The smallest absolute Gasteiger partial charge is 0.106 e. The Labute approximate surface area is 110 Å². The summed E-state index contributed by atoms with van der Waals surface area (Å²) in [7, 11) is 3.19. The molecule has 18 heavy (non-hydrogen) atoms. The molecule has 1 saturated heterocycles. The summed E-state index contributed by atoms with van der Waals surface area (Å²) in [6.45, 7) is 8.79. The lowest BCUT2D eigenvalue weighted by Crippen LogP contribution is -2.44. The van der Waals surface area contributed by atoms with E-state index in [0.29, 0.717) is 0 Å². The van der Waals surface area contributed by atoms with Crippen LogP contribution in [-0.4, -0.2) is 57.1 Å². The molecule has 102 valence electrons. The van der Waals surface area contributed by atoms with Crippen molar-refractivity contribution in [3.8, 4) is 0 Å². The van der Waals surface area contributed by atoms with Crippen LogP contribution in [0.25, 0.3) is 0 Å². The Morgan fingerprint density at radius 1 is 1.00 bits per heavy atom. The molecule has 1 fully saturated rings. The third-order valence-corrected chi connectivity index (χ3v) is 2.90. The first-order valence-electron chi connectivity index (χ1n) is 5.99. The molecule has 0 radical (unpaired) electrons. The largest absolute Gasteiger partial charge is 0.400 e. The van der Waals surface area contributed by atoms with Crippen LogP contribution in [0.3, 0.4) is 0 Å². The van der Waals surface area contributed by atoms with Crippen molar-refractivity contribution in [2.45, 2.75) is 6.92 Å². The van der Waals surface area contributed by atoms with Crippen molar-refractivity contribution in [1.82, 2.24) is 4.90 Å². The van der Waals surface area contributed by atoms with E-state index in [1.807, 2.05) is 6.79 Å². The number of likely N-dealkylation sites (N-methyl/N-ethyl adjacent to an activating group) is 1. The van der Waals surface area contributed by atoms with Crippen LogP contribution in [0.2, 0.25) is 0 Å².